The monoisotopic (exact) mass is 451 g/mol. The van der Waals surface area contributed by atoms with Gasteiger partial charge in [0.2, 0.25) is 0 Å². The lowest BCUT2D eigenvalue weighted by Crippen LogP contribution is -2.35. The third kappa shape index (κ3) is 3.27. The van der Waals surface area contributed by atoms with Crippen LogP contribution in [0.3, 0.4) is 0 Å². The topological polar surface area (TPSA) is 30.2 Å². The van der Waals surface area contributed by atoms with Crippen LogP contribution in [0.1, 0.15) is 71.6 Å². The summed E-state index contributed by atoms with van der Waals surface area (Å²) in [6.45, 7) is 17.0. The molecule has 2 bridgehead atoms. The predicted octanol–water partition coefficient (Wildman–Crippen LogP) is 6.01. The van der Waals surface area contributed by atoms with Gasteiger partial charge in [0, 0.05) is 18.0 Å². The zero-order chi connectivity index (χ0) is 22.4. The molecule has 0 N–H and O–H groups in total. The molecule has 2 atom stereocenters. The summed E-state index contributed by atoms with van der Waals surface area (Å²) in [4.78, 5) is 15.6. The maximum Gasteiger partial charge on any atom is 0.275 e. The minimum atomic E-state index is 0.0250. The maximum atomic E-state index is 13.2. The van der Waals surface area contributed by atoms with E-state index in [2.05, 4.69) is 46.4 Å². The number of nitrogens with zero attached hydrogens (tertiary/aromatic N) is 3. The average molecular weight is 452 g/mol. The van der Waals surface area contributed by atoms with Gasteiger partial charge in [0.25, 0.3) is 5.56 Å². The molecule has 1 aromatic heterocycles. The minimum Gasteiger partial charge on any atom is -0.304 e. The van der Waals surface area contributed by atoms with E-state index in [9.17, 15) is 4.79 Å². The Bertz CT molecular complexity index is 982. The summed E-state index contributed by atoms with van der Waals surface area (Å²) in [5.41, 5.74) is 2.99. The SMILES string of the molecule is CCN(CC)CC.Cn1c2c(c(=O)n1-c1cccc(Cl)c1Cl)[C@H]1CC[C@]2(C)C1(C)C. The summed E-state index contributed by atoms with van der Waals surface area (Å²) in [6, 6.07) is 5.41. The first-order valence-corrected chi connectivity index (χ1v) is 11.8. The molecule has 0 radical (unpaired) electrons. The van der Waals surface area contributed by atoms with E-state index in [1.807, 2.05) is 23.9 Å². The first-order chi connectivity index (χ1) is 14.1. The van der Waals surface area contributed by atoms with Crippen LogP contribution in [0.15, 0.2) is 23.0 Å². The lowest BCUT2D eigenvalue weighted by Gasteiger charge is -2.36. The van der Waals surface area contributed by atoms with Crippen LogP contribution in [0.4, 0.5) is 0 Å². The Morgan fingerprint density at radius 3 is 2.20 bits per heavy atom. The second-order valence-corrected chi connectivity index (χ2v) is 10.0. The van der Waals surface area contributed by atoms with Crippen LogP contribution in [-0.4, -0.2) is 33.9 Å². The number of aromatic nitrogens is 2. The van der Waals surface area contributed by atoms with Gasteiger partial charge in [-0.1, -0.05) is 70.8 Å². The van der Waals surface area contributed by atoms with Crippen molar-refractivity contribution in [3.8, 4) is 5.69 Å². The number of benzene rings is 1. The summed E-state index contributed by atoms with van der Waals surface area (Å²) in [5.74, 6) is 0.320. The molecule has 1 heterocycles. The Morgan fingerprint density at radius 1 is 1.10 bits per heavy atom. The normalized spacial score (nSPS) is 23.5. The zero-order valence-corrected chi connectivity index (χ0v) is 20.9. The molecular weight excluding hydrogens is 417 g/mol. The molecule has 1 aromatic carbocycles. The highest BCUT2D eigenvalue weighted by molar-refractivity contribution is 6.43. The van der Waals surface area contributed by atoms with E-state index in [1.165, 1.54) is 25.3 Å². The fourth-order valence-electron chi connectivity index (χ4n) is 5.62. The van der Waals surface area contributed by atoms with Crippen molar-refractivity contribution in [3.05, 3.63) is 49.9 Å². The first kappa shape index (κ1) is 23.4. The van der Waals surface area contributed by atoms with Gasteiger partial charge in [0.15, 0.2) is 0 Å². The molecule has 1 saturated carbocycles. The smallest absolute Gasteiger partial charge is 0.275 e. The first-order valence-electron chi connectivity index (χ1n) is 11.1. The number of halogens is 2. The Hall–Kier alpha value is -1.23. The molecular formula is C24H35Cl2N3O. The molecule has 0 amide bonds. The number of rotatable bonds is 4. The van der Waals surface area contributed by atoms with Gasteiger partial charge >= 0.3 is 0 Å². The molecule has 0 saturated heterocycles. The second-order valence-electron chi connectivity index (χ2n) is 9.24. The lowest BCUT2D eigenvalue weighted by molar-refractivity contribution is 0.218. The highest BCUT2D eigenvalue weighted by Crippen LogP contribution is 2.66. The standard InChI is InChI=1S/C18H20Cl2N2O.C6H15N/c1-17(2)10-8-9-18(17,3)15-13(10)16(23)22(21(15)4)12-7-5-6-11(19)14(12)20;1-4-7(5-2)6-3/h5-7,10H,8-9H2,1-4H3;4-6H2,1-3H3/t10-,18+;/m1./s1. The van der Waals surface area contributed by atoms with Crippen LogP contribution in [0, 0.1) is 5.41 Å². The third-order valence-electron chi connectivity index (χ3n) is 7.90. The lowest BCUT2D eigenvalue weighted by atomic mass is 9.70. The fourth-order valence-corrected chi connectivity index (χ4v) is 6.00. The van der Waals surface area contributed by atoms with Gasteiger partial charge in [0.1, 0.15) is 0 Å². The van der Waals surface area contributed by atoms with Gasteiger partial charge < -0.3 is 4.90 Å². The average Bonchev–Trinajstić information content (AvgIpc) is 3.17. The molecule has 0 aliphatic heterocycles. The Morgan fingerprint density at radius 2 is 1.70 bits per heavy atom. The Balaban J connectivity index is 0.000000318. The van der Waals surface area contributed by atoms with Crippen LogP contribution in [0.25, 0.3) is 5.69 Å². The fraction of sp³-hybridized carbons (Fsp3) is 0.625. The molecule has 2 aromatic rings. The summed E-state index contributed by atoms with van der Waals surface area (Å²) < 4.78 is 3.68. The summed E-state index contributed by atoms with van der Waals surface area (Å²) in [6.07, 6.45) is 2.21. The van der Waals surface area contributed by atoms with Gasteiger partial charge in [-0.3, -0.25) is 9.48 Å². The van der Waals surface area contributed by atoms with Crippen LogP contribution >= 0.6 is 23.2 Å². The van der Waals surface area contributed by atoms with Crippen molar-refractivity contribution >= 4 is 23.2 Å². The van der Waals surface area contributed by atoms with E-state index in [1.54, 1.807) is 10.7 Å². The summed E-state index contributed by atoms with van der Waals surface area (Å²) in [7, 11) is 1.96. The van der Waals surface area contributed by atoms with Crippen molar-refractivity contribution in [2.45, 2.75) is 65.7 Å². The van der Waals surface area contributed by atoms with Crippen molar-refractivity contribution in [2.24, 2.45) is 12.5 Å². The van der Waals surface area contributed by atoms with Gasteiger partial charge in [-0.15, -0.1) is 0 Å². The minimum absolute atomic E-state index is 0.0250. The van der Waals surface area contributed by atoms with Crippen LogP contribution < -0.4 is 5.56 Å². The highest BCUT2D eigenvalue weighted by atomic mass is 35.5. The predicted molar refractivity (Wildman–Crippen MR) is 128 cm³/mol. The molecule has 2 aliphatic carbocycles. The van der Waals surface area contributed by atoms with Gasteiger partial charge in [0.05, 0.1) is 21.4 Å². The van der Waals surface area contributed by atoms with E-state index < -0.39 is 0 Å². The van der Waals surface area contributed by atoms with Crippen molar-refractivity contribution in [2.75, 3.05) is 19.6 Å². The number of hydrogen-bond donors (Lipinski definition) is 0. The molecule has 166 valence electrons. The quantitative estimate of drug-likeness (QED) is 0.569. The van der Waals surface area contributed by atoms with E-state index in [0.717, 1.165) is 18.4 Å². The molecule has 4 nitrogen and oxygen atoms in total. The van der Waals surface area contributed by atoms with Crippen molar-refractivity contribution in [1.29, 1.82) is 0 Å². The van der Waals surface area contributed by atoms with E-state index in [4.69, 9.17) is 23.2 Å². The highest BCUT2D eigenvalue weighted by Gasteiger charge is 2.62. The molecule has 4 rings (SSSR count). The van der Waals surface area contributed by atoms with E-state index in [-0.39, 0.29) is 16.4 Å². The second kappa shape index (κ2) is 8.37. The molecule has 2 aliphatic rings. The van der Waals surface area contributed by atoms with Crippen LogP contribution in [-0.2, 0) is 12.5 Å². The van der Waals surface area contributed by atoms with Crippen LogP contribution in [0.5, 0.6) is 0 Å². The van der Waals surface area contributed by atoms with Crippen molar-refractivity contribution in [1.82, 2.24) is 14.3 Å². The maximum absolute atomic E-state index is 13.2. The summed E-state index contributed by atoms with van der Waals surface area (Å²) >= 11 is 12.5. The van der Waals surface area contributed by atoms with E-state index >= 15 is 0 Å². The molecule has 6 heteroatoms. The van der Waals surface area contributed by atoms with Crippen molar-refractivity contribution in [3.63, 3.8) is 0 Å². The molecule has 30 heavy (non-hydrogen) atoms. The van der Waals surface area contributed by atoms with Gasteiger partial charge in [-0.25, -0.2) is 4.68 Å². The number of fused-ring (bicyclic) bond motifs is 5. The van der Waals surface area contributed by atoms with Crippen LogP contribution in [0.2, 0.25) is 10.0 Å². The van der Waals surface area contributed by atoms with Crippen molar-refractivity contribution < 1.29 is 0 Å². The largest absolute Gasteiger partial charge is 0.304 e. The van der Waals surface area contributed by atoms with Gasteiger partial charge in [-0.05, 0) is 55.9 Å². The zero-order valence-electron chi connectivity index (χ0n) is 19.4. The molecule has 1 fully saturated rings. The Labute approximate surface area is 190 Å². The number of hydrogen-bond acceptors (Lipinski definition) is 2. The Kier molecular flexibility index (Phi) is 6.54. The molecule has 0 unspecified atom stereocenters. The third-order valence-corrected chi connectivity index (χ3v) is 8.71. The van der Waals surface area contributed by atoms with Gasteiger partial charge in [-0.2, -0.15) is 0 Å². The molecule has 0 spiro atoms. The summed E-state index contributed by atoms with van der Waals surface area (Å²) in [5, 5.41) is 0.888. The van der Waals surface area contributed by atoms with E-state index in [0.29, 0.717) is 21.7 Å².